The molecule has 1 rings (SSSR count). The molecule has 3 heteroatoms. The van der Waals surface area contributed by atoms with E-state index in [0.717, 1.165) is 0 Å². The van der Waals surface area contributed by atoms with Crippen molar-refractivity contribution in [3.05, 3.63) is 11.6 Å². The second kappa shape index (κ2) is 2.84. The first-order valence-electron chi connectivity index (χ1n) is 3.24. The van der Waals surface area contributed by atoms with Crippen molar-refractivity contribution < 1.29 is 14.6 Å². The first-order valence-corrected chi connectivity index (χ1v) is 3.24. The second-order valence-electron chi connectivity index (χ2n) is 2.39. The van der Waals surface area contributed by atoms with Gasteiger partial charge in [0.1, 0.15) is 0 Å². The van der Waals surface area contributed by atoms with Crippen LogP contribution >= 0.6 is 0 Å². The Kier molecular flexibility index (Phi) is 2.06. The van der Waals surface area contributed by atoms with E-state index in [-0.39, 0.29) is 12.7 Å². The van der Waals surface area contributed by atoms with Crippen LogP contribution in [0.25, 0.3) is 0 Å². The van der Waals surface area contributed by atoms with Gasteiger partial charge in [0, 0.05) is 0 Å². The van der Waals surface area contributed by atoms with Crippen molar-refractivity contribution in [3.8, 4) is 0 Å². The third-order valence-corrected chi connectivity index (χ3v) is 1.49. The summed E-state index contributed by atoms with van der Waals surface area (Å²) in [5, 5.41) is 8.48. The van der Waals surface area contributed by atoms with Crippen LogP contribution in [0, 0.1) is 0 Å². The largest absolute Gasteiger partial charge is 0.478 e. The lowest BCUT2D eigenvalue weighted by Gasteiger charge is -2.16. The predicted molar refractivity (Wildman–Crippen MR) is 35.7 cm³/mol. The highest BCUT2D eigenvalue weighted by Gasteiger charge is 2.14. The number of hydrogen-bond donors (Lipinski definition) is 1. The number of ether oxygens (including phenoxy) is 1. The molecule has 0 aromatic heterocycles. The summed E-state index contributed by atoms with van der Waals surface area (Å²) in [6.45, 7) is 2.17. The molecule has 56 valence electrons. The molecule has 0 saturated heterocycles. The van der Waals surface area contributed by atoms with Crippen LogP contribution in [-0.2, 0) is 9.53 Å². The molecule has 0 saturated carbocycles. The first kappa shape index (κ1) is 7.28. The smallest absolute Gasteiger partial charge is 0.333 e. The van der Waals surface area contributed by atoms with Crippen molar-refractivity contribution in [2.45, 2.75) is 19.4 Å². The van der Waals surface area contributed by atoms with E-state index in [1.54, 1.807) is 6.08 Å². The van der Waals surface area contributed by atoms with E-state index >= 15 is 0 Å². The van der Waals surface area contributed by atoms with Gasteiger partial charge in [-0.1, -0.05) is 6.08 Å². The average molecular weight is 142 g/mol. The van der Waals surface area contributed by atoms with Crippen LogP contribution in [0.4, 0.5) is 0 Å². The van der Waals surface area contributed by atoms with E-state index in [0.29, 0.717) is 12.0 Å². The molecule has 1 unspecified atom stereocenters. The summed E-state index contributed by atoms with van der Waals surface area (Å²) in [4.78, 5) is 10.3. The molecule has 0 fully saturated rings. The summed E-state index contributed by atoms with van der Waals surface area (Å²) in [7, 11) is 0. The number of carbonyl (C=O) groups is 1. The van der Waals surface area contributed by atoms with Gasteiger partial charge in [-0.05, 0) is 13.3 Å². The summed E-state index contributed by atoms with van der Waals surface area (Å²) in [6.07, 6.45) is 2.60. The minimum absolute atomic E-state index is 0.170. The Morgan fingerprint density at radius 1 is 1.90 bits per heavy atom. The fraction of sp³-hybridized carbons (Fsp3) is 0.571. The second-order valence-corrected chi connectivity index (χ2v) is 2.39. The Labute approximate surface area is 59.3 Å². The van der Waals surface area contributed by atoms with E-state index < -0.39 is 5.97 Å². The van der Waals surface area contributed by atoms with Crippen molar-refractivity contribution in [1.29, 1.82) is 0 Å². The summed E-state index contributed by atoms with van der Waals surface area (Å²) < 4.78 is 5.10. The van der Waals surface area contributed by atoms with E-state index in [1.807, 2.05) is 6.92 Å². The van der Waals surface area contributed by atoms with Crippen LogP contribution in [0.5, 0.6) is 0 Å². The topological polar surface area (TPSA) is 46.5 Å². The molecule has 0 aromatic rings. The fourth-order valence-corrected chi connectivity index (χ4v) is 0.816. The molecular weight excluding hydrogens is 132 g/mol. The SMILES string of the molecule is CC1CC=C(C(=O)O)CO1. The highest BCUT2D eigenvalue weighted by Crippen LogP contribution is 2.11. The predicted octanol–water partition coefficient (Wildman–Crippen LogP) is 0.806. The Morgan fingerprint density at radius 2 is 2.60 bits per heavy atom. The first-order chi connectivity index (χ1) is 4.70. The standard InChI is InChI=1S/C7H10O3/c1-5-2-3-6(4-10-5)7(8)9/h3,5H,2,4H2,1H3,(H,8,9). The van der Waals surface area contributed by atoms with Gasteiger partial charge in [-0.15, -0.1) is 0 Å². The third kappa shape index (κ3) is 1.57. The van der Waals surface area contributed by atoms with E-state index in [9.17, 15) is 4.79 Å². The molecule has 10 heavy (non-hydrogen) atoms. The maximum atomic E-state index is 10.3. The van der Waals surface area contributed by atoms with Gasteiger partial charge in [0.2, 0.25) is 0 Å². The van der Waals surface area contributed by atoms with Crippen molar-refractivity contribution in [2.24, 2.45) is 0 Å². The molecule has 0 amide bonds. The number of carboxylic acid groups (broad SMARTS) is 1. The lowest BCUT2D eigenvalue weighted by molar-refractivity contribution is -0.133. The van der Waals surface area contributed by atoms with Gasteiger partial charge < -0.3 is 9.84 Å². The molecule has 1 aliphatic heterocycles. The maximum absolute atomic E-state index is 10.3. The Bertz CT molecular complexity index is 172. The van der Waals surface area contributed by atoms with E-state index in [2.05, 4.69) is 0 Å². The molecule has 1 heterocycles. The molecule has 3 nitrogen and oxygen atoms in total. The van der Waals surface area contributed by atoms with Gasteiger partial charge >= 0.3 is 5.97 Å². The van der Waals surface area contributed by atoms with Crippen LogP contribution < -0.4 is 0 Å². The fourth-order valence-electron chi connectivity index (χ4n) is 0.816. The number of hydrogen-bond acceptors (Lipinski definition) is 2. The summed E-state index contributed by atoms with van der Waals surface area (Å²) in [5.41, 5.74) is 0.373. The molecule has 1 N–H and O–H groups in total. The third-order valence-electron chi connectivity index (χ3n) is 1.49. The molecule has 0 aromatic carbocycles. The van der Waals surface area contributed by atoms with Crippen molar-refractivity contribution >= 4 is 5.97 Å². The lowest BCUT2D eigenvalue weighted by Crippen LogP contribution is -2.19. The Hall–Kier alpha value is -0.830. The average Bonchev–Trinajstić information content (AvgIpc) is 1.88. The molecule has 0 bridgehead atoms. The zero-order chi connectivity index (χ0) is 7.56. The van der Waals surface area contributed by atoms with Gasteiger partial charge in [-0.25, -0.2) is 4.79 Å². The van der Waals surface area contributed by atoms with Crippen molar-refractivity contribution in [3.63, 3.8) is 0 Å². The summed E-state index contributed by atoms with van der Waals surface area (Å²) >= 11 is 0. The quantitative estimate of drug-likeness (QED) is 0.589. The Morgan fingerprint density at radius 3 is 3.00 bits per heavy atom. The lowest BCUT2D eigenvalue weighted by atomic mass is 10.1. The van der Waals surface area contributed by atoms with E-state index in [4.69, 9.17) is 9.84 Å². The molecule has 0 radical (unpaired) electrons. The molecule has 0 aliphatic carbocycles. The van der Waals surface area contributed by atoms with Crippen LogP contribution in [0.15, 0.2) is 11.6 Å². The van der Waals surface area contributed by atoms with Crippen molar-refractivity contribution in [1.82, 2.24) is 0 Å². The van der Waals surface area contributed by atoms with Gasteiger partial charge in [0.25, 0.3) is 0 Å². The number of carboxylic acids is 1. The Balaban J connectivity index is 2.56. The minimum atomic E-state index is -0.869. The zero-order valence-corrected chi connectivity index (χ0v) is 5.83. The molecular formula is C7H10O3. The van der Waals surface area contributed by atoms with Crippen LogP contribution in [0.2, 0.25) is 0 Å². The van der Waals surface area contributed by atoms with Crippen LogP contribution in [-0.4, -0.2) is 23.8 Å². The number of aliphatic carboxylic acids is 1. The van der Waals surface area contributed by atoms with Crippen LogP contribution in [0.3, 0.4) is 0 Å². The highest BCUT2D eigenvalue weighted by atomic mass is 16.5. The molecule has 0 spiro atoms. The zero-order valence-electron chi connectivity index (χ0n) is 5.83. The monoisotopic (exact) mass is 142 g/mol. The van der Waals surface area contributed by atoms with Gasteiger partial charge in [-0.2, -0.15) is 0 Å². The molecule has 1 aliphatic rings. The van der Waals surface area contributed by atoms with Gasteiger partial charge in [0.15, 0.2) is 0 Å². The van der Waals surface area contributed by atoms with Crippen molar-refractivity contribution in [2.75, 3.05) is 6.61 Å². The molecule has 1 atom stereocenters. The van der Waals surface area contributed by atoms with E-state index in [1.165, 1.54) is 0 Å². The number of rotatable bonds is 1. The highest BCUT2D eigenvalue weighted by molar-refractivity contribution is 5.86. The summed E-state index contributed by atoms with van der Waals surface area (Å²) in [5.74, 6) is -0.869. The maximum Gasteiger partial charge on any atom is 0.333 e. The summed E-state index contributed by atoms with van der Waals surface area (Å²) in [6, 6.07) is 0. The van der Waals surface area contributed by atoms with Gasteiger partial charge in [0.05, 0.1) is 18.3 Å². The normalized spacial score (nSPS) is 25.7. The van der Waals surface area contributed by atoms with Crippen LogP contribution in [0.1, 0.15) is 13.3 Å². The minimum Gasteiger partial charge on any atom is -0.478 e. The van der Waals surface area contributed by atoms with Gasteiger partial charge in [-0.3, -0.25) is 0 Å².